The molecule has 152 valence electrons. The van der Waals surface area contributed by atoms with Gasteiger partial charge in [-0.2, -0.15) is 0 Å². The second kappa shape index (κ2) is 7.14. The van der Waals surface area contributed by atoms with Gasteiger partial charge >= 0.3 is 0 Å². The first-order chi connectivity index (χ1) is 14.5. The predicted octanol–water partition coefficient (Wildman–Crippen LogP) is 3.52. The van der Waals surface area contributed by atoms with Gasteiger partial charge in [0.2, 0.25) is 0 Å². The van der Waals surface area contributed by atoms with Gasteiger partial charge in [0.25, 0.3) is 5.56 Å². The van der Waals surface area contributed by atoms with Crippen LogP contribution in [-0.2, 0) is 6.54 Å². The van der Waals surface area contributed by atoms with Crippen LogP contribution < -0.4 is 15.0 Å². The number of carbonyl (C=O) groups is 1. The minimum atomic E-state index is -0.199. The van der Waals surface area contributed by atoms with Crippen molar-refractivity contribution in [1.29, 1.82) is 0 Å². The lowest BCUT2D eigenvalue weighted by molar-refractivity contribution is 0.0970. The summed E-state index contributed by atoms with van der Waals surface area (Å²) >= 11 is 1.41. The number of nitrogens with zero attached hydrogens (tertiary/aromatic N) is 3. The first kappa shape index (κ1) is 18.6. The molecule has 0 saturated heterocycles. The lowest BCUT2D eigenvalue weighted by atomic mass is 10.1. The smallest absolute Gasteiger partial charge is 0.262 e. The van der Waals surface area contributed by atoms with Crippen molar-refractivity contribution in [1.82, 2.24) is 14.1 Å². The van der Waals surface area contributed by atoms with Crippen LogP contribution in [0.2, 0.25) is 0 Å². The number of benzene rings is 1. The lowest BCUT2D eigenvalue weighted by Crippen LogP contribution is -2.24. The van der Waals surface area contributed by atoms with Gasteiger partial charge in [0.1, 0.15) is 18.0 Å². The molecule has 0 fully saturated rings. The van der Waals surface area contributed by atoms with Crippen molar-refractivity contribution in [3.05, 3.63) is 69.3 Å². The summed E-state index contributed by atoms with van der Waals surface area (Å²) in [7, 11) is 0. The number of aromatic nitrogens is 3. The highest BCUT2D eigenvalue weighted by molar-refractivity contribution is 7.16. The highest BCUT2D eigenvalue weighted by Gasteiger charge is 2.20. The minimum Gasteiger partial charge on any atom is -0.486 e. The molecule has 3 aromatic heterocycles. The molecule has 1 aromatic carbocycles. The summed E-state index contributed by atoms with van der Waals surface area (Å²) < 4.78 is 14.7. The van der Waals surface area contributed by atoms with E-state index in [1.54, 1.807) is 6.07 Å². The van der Waals surface area contributed by atoms with E-state index >= 15 is 0 Å². The third-order valence-corrected chi connectivity index (χ3v) is 6.10. The minimum absolute atomic E-state index is 0.0525. The summed E-state index contributed by atoms with van der Waals surface area (Å²) in [6.45, 7) is 4.86. The molecule has 4 heterocycles. The van der Waals surface area contributed by atoms with E-state index in [9.17, 15) is 9.59 Å². The standard InChI is InChI=1S/C22H19N3O4S/c1-13-9-17(18(26)11-24-12-23-21-16(22(24)27)5-8-30-21)14(2)25(13)15-3-4-19-20(10-15)29-7-6-28-19/h3-5,8-10,12H,6-7,11H2,1-2H3. The van der Waals surface area contributed by atoms with Crippen molar-refractivity contribution in [2.24, 2.45) is 0 Å². The SMILES string of the molecule is Cc1cc(C(=O)Cn2cnc3sccc3c2=O)c(C)n1-c1ccc2c(c1)OCCO2. The van der Waals surface area contributed by atoms with Gasteiger partial charge in [-0.05, 0) is 43.5 Å². The second-order valence-corrected chi connectivity index (χ2v) is 8.08. The molecule has 0 aliphatic carbocycles. The number of hydrogen-bond acceptors (Lipinski definition) is 6. The number of fused-ring (bicyclic) bond motifs is 2. The van der Waals surface area contributed by atoms with E-state index < -0.39 is 0 Å². The normalized spacial score (nSPS) is 13.0. The van der Waals surface area contributed by atoms with Crippen LogP contribution in [0.1, 0.15) is 21.7 Å². The van der Waals surface area contributed by atoms with Gasteiger partial charge in [-0.15, -0.1) is 11.3 Å². The van der Waals surface area contributed by atoms with E-state index in [-0.39, 0.29) is 17.9 Å². The zero-order chi connectivity index (χ0) is 20.8. The van der Waals surface area contributed by atoms with Gasteiger partial charge in [0, 0.05) is 28.7 Å². The Bertz CT molecular complexity index is 1350. The molecule has 0 N–H and O–H groups in total. The number of aryl methyl sites for hydroxylation is 1. The fraction of sp³-hybridized carbons (Fsp3) is 0.227. The Balaban J connectivity index is 1.49. The highest BCUT2D eigenvalue weighted by Crippen LogP contribution is 2.33. The zero-order valence-electron chi connectivity index (χ0n) is 16.5. The van der Waals surface area contributed by atoms with Crippen molar-refractivity contribution >= 4 is 27.3 Å². The third-order valence-electron chi connectivity index (χ3n) is 5.28. The maximum absolute atomic E-state index is 13.0. The molecule has 0 amide bonds. The molecule has 1 aliphatic rings. The van der Waals surface area contributed by atoms with E-state index in [0.29, 0.717) is 34.7 Å². The molecule has 0 spiro atoms. The van der Waals surface area contributed by atoms with E-state index in [2.05, 4.69) is 4.98 Å². The van der Waals surface area contributed by atoms with Crippen LogP contribution in [0.4, 0.5) is 0 Å². The second-order valence-electron chi connectivity index (χ2n) is 7.19. The molecule has 0 bridgehead atoms. The van der Waals surface area contributed by atoms with Crippen LogP contribution in [-0.4, -0.2) is 33.1 Å². The first-order valence-electron chi connectivity index (χ1n) is 9.58. The summed E-state index contributed by atoms with van der Waals surface area (Å²) in [5.41, 5.74) is 3.01. The molecular weight excluding hydrogens is 402 g/mol. The number of Topliss-reactive ketones (excluding diaryl/α,β-unsaturated/α-hetero) is 1. The Morgan fingerprint density at radius 2 is 1.93 bits per heavy atom. The molecule has 8 heteroatoms. The first-order valence-corrected chi connectivity index (χ1v) is 10.5. The van der Waals surface area contributed by atoms with Gasteiger partial charge in [-0.1, -0.05) is 0 Å². The number of rotatable bonds is 4. The lowest BCUT2D eigenvalue weighted by Gasteiger charge is -2.20. The topological polar surface area (TPSA) is 75.4 Å². The number of thiophene rings is 1. The van der Waals surface area contributed by atoms with Crippen LogP contribution in [0.3, 0.4) is 0 Å². The fourth-order valence-electron chi connectivity index (χ4n) is 3.86. The van der Waals surface area contributed by atoms with Crippen molar-refractivity contribution in [3.63, 3.8) is 0 Å². The molecule has 0 saturated carbocycles. The van der Waals surface area contributed by atoms with E-state index in [0.717, 1.165) is 22.8 Å². The third kappa shape index (κ3) is 3.00. The molecule has 0 unspecified atom stereocenters. The number of ketones is 1. The number of ether oxygens (including phenoxy) is 2. The van der Waals surface area contributed by atoms with Gasteiger partial charge < -0.3 is 14.0 Å². The Labute approximate surface area is 176 Å². The highest BCUT2D eigenvalue weighted by atomic mass is 32.1. The van der Waals surface area contributed by atoms with Crippen molar-refractivity contribution in [2.45, 2.75) is 20.4 Å². The molecular formula is C22H19N3O4S. The van der Waals surface area contributed by atoms with E-state index in [4.69, 9.17) is 9.47 Å². The fourth-order valence-corrected chi connectivity index (χ4v) is 4.58. The molecule has 4 aromatic rings. The molecule has 5 rings (SSSR count). The summed E-state index contributed by atoms with van der Waals surface area (Å²) in [6.07, 6.45) is 1.44. The maximum atomic E-state index is 13.0. The van der Waals surface area contributed by atoms with E-state index in [1.165, 1.54) is 22.2 Å². The summed E-state index contributed by atoms with van der Waals surface area (Å²) in [5.74, 6) is 1.28. The van der Waals surface area contributed by atoms with E-state index in [1.807, 2.05) is 48.1 Å². The molecule has 7 nitrogen and oxygen atoms in total. The number of carbonyl (C=O) groups excluding carboxylic acids is 1. The summed E-state index contributed by atoms with van der Waals surface area (Å²) in [5, 5.41) is 2.36. The quantitative estimate of drug-likeness (QED) is 0.471. The number of hydrogen-bond donors (Lipinski definition) is 0. The Morgan fingerprint density at radius 1 is 1.13 bits per heavy atom. The molecule has 0 atom stereocenters. The van der Waals surface area contributed by atoms with Crippen LogP contribution in [0, 0.1) is 13.8 Å². The largest absolute Gasteiger partial charge is 0.486 e. The zero-order valence-corrected chi connectivity index (χ0v) is 17.4. The monoisotopic (exact) mass is 421 g/mol. The van der Waals surface area contributed by atoms with Crippen LogP contribution in [0.5, 0.6) is 11.5 Å². The Morgan fingerprint density at radius 3 is 2.77 bits per heavy atom. The van der Waals surface area contributed by atoms with Crippen molar-refractivity contribution in [2.75, 3.05) is 13.2 Å². The Hall–Kier alpha value is -3.39. The van der Waals surface area contributed by atoms with Gasteiger partial charge in [-0.3, -0.25) is 14.2 Å². The average Bonchev–Trinajstić information content (AvgIpc) is 3.34. The van der Waals surface area contributed by atoms with Crippen molar-refractivity contribution < 1.29 is 14.3 Å². The maximum Gasteiger partial charge on any atom is 0.262 e. The van der Waals surface area contributed by atoms with Gasteiger partial charge in [-0.25, -0.2) is 4.98 Å². The molecule has 0 radical (unpaired) electrons. The predicted molar refractivity (Wildman–Crippen MR) is 114 cm³/mol. The van der Waals surface area contributed by atoms with Crippen LogP contribution >= 0.6 is 11.3 Å². The average molecular weight is 421 g/mol. The van der Waals surface area contributed by atoms with Crippen LogP contribution in [0.15, 0.2) is 46.8 Å². The molecule has 1 aliphatic heterocycles. The summed E-state index contributed by atoms with van der Waals surface area (Å²) in [4.78, 5) is 30.6. The van der Waals surface area contributed by atoms with Gasteiger partial charge in [0.15, 0.2) is 17.3 Å². The molecule has 30 heavy (non-hydrogen) atoms. The van der Waals surface area contributed by atoms with Crippen molar-refractivity contribution in [3.8, 4) is 17.2 Å². The Kier molecular flexibility index (Phi) is 4.43. The summed E-state index contributed by atoms with van der Waals surface area (Å²) in [6, 6.07) is 9.34. The van der Waals surface area contributed by atoms with Gasteiger partial charge in [0.05, 0.1) is 18.3 Å². The van der Waals surface area contributed by atoms with Crippen LogP contribution in [0.25, 0.3) is 15.9 Å².